The molecule has 2 aromatic heterocycles. The van der Waals surface area contributed by atoms with E-state index in [1.165, 1.54) is 0 Å². The zero-order chi connectivity index (χ0) is 19.7. The number of anilines is 1. The largest absolute Gasteiger partial charge is 0.494 e. The van der Waals surface area contributed by atoms with E-state index in [-0.39, 0.29) is 16.8 Å². The molecule has 0 atom stereocenters. The van der Waals surface area contributed by atoms with Crippen LogP contribution in [0.4, 0.5) is 5.82 Å². The van der Waals surface area contributed by atoms with E-state index in [0.29, 0.717) is 23.8 Å². The Balaban J connectivity index is 1.97. The number of thioether (sulfide) groups is 1. The van der Waals surface area contributed by atoms with Crippen molar-refractivity contribution in [1.29, 1.82) is 0 Å². The Bertz CT molecular complexity index is 1180. The SMILES string of the molecule is CCOc1ccc(-n2c(-c3ccc(SC)cc3)nc3[nH]nc(N)c3c2=O)cc1. The molecule has 3 N–H and O–H groups in total. The van der Waals surface area contributed by atoms with Crippen LogP contribution in [0.1, 0.15) is 6.92 Å². The third kappa shape index (κ3) is 3.11. The second kappa shape index (κ2) is 7.40. The van der Waals surface area contributed by atoms with Gasteiger partial charge in [0.2, 0.25) is 0 Å². The molecule has 4 aromatic rings. The molecule has 0 radical (unpaired) electrons. The molecule has 0 saturated heterocycles. The maximum Gasteiger partial charge on any atom is 0.271 e. The van der Waals surface area contributed by atoms with Gasteiger partial charge < -0.3 is 10.5 Å². The van der Waals surface area contributed by atoms with E-state index in [2.05, 4.69) is 15.2 Å². The lowest BCUT2D eigenvalue weighted by Gasteiger charge is -2.13. The van der Waals surface area contributed by atoms with Gasteiger partial charge in [-0.3, -0.25) is 14.5 Å². The molecule has 0 aliphatic carbocycles. The van der Waals surface area contributed by atoms with E-state index in [1.54, 1.807) is 16.3 Å². The number of rotatable bonds is 5. The second-order valence-corrected chi connectivity index (χ2v) is 6.94. The van der Waals surface area contributed by atoms with Gasteiger partial charge in [0.05, 0.1) is 12.3 Å². The molecular weight excluding hydrogens is 374 g/mol. The number of fused-ring (bicyclic) bond motifs is 1. The molecule has 0 saturated carbocycles. The molecule has 2 heterocycles. The van der Waals surface area contributed by atoms with Crippen LogP contribution < -0.4 is 16.0 Å². The third-order valence-corrected chi connectivity index (χ3v) is 5.12. The first-order valence-corrected chi connectivity index (χ1v) is 9.99. The van der Waals surface area contributed by atoms with Crippen molar-refractivity contribution in [2.45, 2.75) is 11.8 Å². The number of aromatic amines is 1. The lowest BCUT2D eigenvalue weighted by Crippen LogP contribution is -2.22. The van der Waals surface area contributed by atoms with Gasteiger partial charge in [0.15, 0.2) is 11.5 Å². The fourth-order valence-electron chi connectivity index (χ4n) is 3.03. The van der Waals surface area contributed by atoms with Crippen molar-refractivity contribution in [2.24, 2.45) is 0 Å². The van der Waals surface area contributed by atoms with Crippen LogP contribution in [0.15, 0.2) is 58.2 Å². The topological polar surface area (TPSA) is 98.8 Å². The monoisotopic (exact) mass is 393 g/mol. The zero-order valence-corrected chi connectivity index (χ0v) is 16.3. The zero-order valence-electron chi connectivity index (χ0n) is 15.5. The highest BCUT2D eigenvalue weighted by molar-refractivity contribution is 7.98. The Kier molecular flexibility index (Phi) is 4.79. The highest BCUT2D eigenvalue weighted by Gasteiger charge is 2.18. The minimum atomic E-state index is -0.274. The van der Waals surface area contributed by atoms with E-state index >= 15 is 0 Å². The van der Waals surface area contributed by atoms with Gasteiger partial charge in [0.25, 0.3) is 5.56 Å². The Morgan fingerprint density at radius 2 is 1.86 bits per heavy atom. The number of hydrogen-bond donors (Lipinski definition) is 2. The summed E-state index contributed by atoms with van der Waals surface area (Å²) in [5.74, 6) is 1.39. The fraction of sp³-hybridized carbons (Fsp3) is 0.150. The van der Waals surface area contributed by atoms with Gasteiger partial charge in [-0.25, -0.2) is 4.98 Å². The summed E-state index contributed by atoms with van der Waals surface area (Å²) in [5.41, 5.74) is 7.48. The number of nitrogens with one attached hydrogen (secondary N) is 1. The van der Waals surface area contributed by atoms with Crippen molar-refractivity contribution in [2.75, 3.05) is 18.6 Å². The van der Waals surface area contributed by atoms with Crippen LogP contribution in [0.25, 0.3) is 28.1 Å². The summed E-state index contributed by atoms with van der Waals surface area (Å²) < 4.78 is 7.06. The number of H-pyrrole nitrogens is 1. The number of benzene rings is 2. The van der Waals surface area contributed by atoms with E-state index in [9.17, 15) is 4.79 Å². The molecule has 0 aliphatic rings. The van der Waals surface area contributed by atoms with E-state index in [1.807, 2.05) is 61.7 Å². The summed E-state index contributed by atoms with van der Waals surface area (Å²) in [6.07, 6.45) is 2.02. The number of nitrogens with zero attached hydrogens (tertiary/aromatic N) is 3. The standard InChI is InChI=1S/C20H19N5O2S/c1-3-27-14-8-6-13(7-9-14)25-19(12-4-10-15(28-2)11-5-12)22-18-16(20(25)26)17(21)23-24-18/h4-11H,3H2,1-2H3,(H3,21,23,24). The first kappa shape index (κ1) is 18.1. The number of nitrogens with two attached hydrogens (primary N) is 1. The van der Waals surface area contributed by atoms with Gasteiger partial charge in [-0.05, 0) is 49.6 Å². The molecule has 142 valence electrons. The van der Waals surface area contributed by atoms with Crippen LogP contribution in [-0.2, 0) is 0 Å². The van der Waals surface area contributed by atoms with Crippen molar-refractivity contribution < 1.29 is 4.74 Å². The fourth-order valence-corrected chi connectivity index (χ4v) is 3.44. The molecule has 2 aromatic carbocycles. The van der Waals surface area contributed by atoms with Crippen LogP contribution in [0.5, 0.6) is 5.75 Å². The molecule has 0 spiro atoms. The molecule has 0 bridgehead atoms. The summed E-state index contributed by atoms with van der Waals surface area (Å²) in [5, 5.41) is 6.96. The minimum absolute atomic E-state index is 0.136. The summed E-state index contributed by atoms with van der Waals surface area (Å²) in [6.45, 7) is 2.50. The summed E-state index contributed by atoms with van der Waals surface area (Å²) in [6, 6.07) is 15.2. The number of ether oxygens (including phenoxy) is 1. The van der Waals surface area contributed by atoms with Gasteiger partial charge in [-0.15, -0.1) is 11.8 Å². The molecule has 28 heavy (non-hydrogen) atoms. The summed E-state index contributed by atoms with van der Waals surface area (Å²) in [4.78, 5) is 19.1. The van der Waals surface area contributed by atoms with Crippen molar-refractivity contribution in [3.05, 3.63) is 58.9 Å². The molecular formula is C20H19N5O2S. The lowest BCUT2D eigenvalue weighted by molar-refractivity contribution is 0.340. The predicted octanol–water partition coefficient (Wildman–Crippen LogP) is 3.48. The third-order valence-electron chi connectivity index (χ3n) is 4.38. The highest BCUT2D eigenvalue weighted by atomic mass is 32.2. The maximum absolute atomic E-state index is 13.3. The second-order valence-electron chi connectivity index (χ2n) is 6.06. The molecule has 0 fully saturated rings. The van der Waals surface area contributed by atoms with Crippen molar-refractivity contribution >= 4 is 28.6 Å². The average Bonchev–Trinajstić information content (AvgIpc) is 3.10. The van der Waals surface area contributed by atoms with Crippen molar-refractivity contribution in [3.8, 4) is 22.8 Å². The smallest absolute Gasteiger partial charge is 0.271 e. The molecule has 0 amide bonds. The van der Waals surface area contributed by atoms with Gasteiger partial charge in [-0.2, -0.15) is 5.10 Å². The number of nitrogen functional groups attached to an aromatic ring is 1. The van der Waals surface area contributed by atoms with Crippen LogP contribution in [0.2, 0.25) is 0 Å². The maximum atomic E-state index is 13.3. The lowest BCUT2D eigenvalue weighted by atomic mass is 10.2. The first-order chi connectivity index (χ1) is 13.6. The molecule has 7 nitrogen and oxygen atoms in total. The van der Waals surface area contributed by atoms with Crippen molar-refractivity contribution in [1.82, 2.24) is 19.7 Å². The van der Waals surface area contributed by atoms with Gasteiger partial charge in [-0.1, -0.05) is 12.1 Å². The Morgan fingerprint density at radius 1 is 1.14 bits per heavy atom. The highest BCUT2D eigenvalue weighted by Crippen LogP contribution is 2.26. The Hall–Kier alpha value is -3.26. The van der Waals surface area contributed by atoms with Crippen LogP contribution in [0, 0.1) is 0 Å². The van der Waals surface area contributed by atoms with Crippen molar-refractivity contribution in [3.63, 3.8) is 0 Å². The number of aromatic nitrogens is 4. The Morgan fingerprint density at radius 3 is 2.50 bits per heavy atom. The van der Waals surface area contributed by atoms with E-state index in [4.69, 9.17) is 10.5 Å². The van der Waals surface area contributed by atoms with Gasteiger partial charge in [0.1, 0.15) is 17.0 Å². The van der Waals surface area contributed by atoms with Crippen LogP contribution in [-0.4, -0.2) is 32.6 Å². The Labute approximate surface area is 165 Å². The van der Waals surface area contributed by atoms with Crippen LogP contribution in [0.3, 0.4) is 0 Å². The molecule has 8 heteroatoms. The molecule has 0 aliphatic heterocycles. The molecule has 4 rings (SSSR count). The first-order valence-electron chi connectivity index (χ1n) is 8.76. The van der Waals surface area contributed by atoms with E-state index in [0.717, 1.165) is 16.2 Å². The predicted molar refractivity (Wildman–Crippen MR) is 112 cm³/mol. The van der Waals surface area contributed by atoms with E-state index < -0.39 is 0 Å². The van der Waals surface area contributed by atoms with Gasteiger partial charge >= 0.3 is 0 Å². The average molecular weight is 393 g/mol. The van der Waals surface area contributed by atoms with Crippen LogP contribution >= 0.6 is 11.8 Å². The number of hydrogen-bond acceptors (Lipinski definition) is 6. The minimum Gasteiger partial charge on any atom is -0.494 e. The summed E-state index contributed by atoms with van der Waals surface area (Å²) >= 11 is 1.65. The summed E-state index contributed by atoms with van der Waals surface area (Å²) in [7, 11) is 0. The quantitative estimate of drug-likeness (QED) is 0.504. The van der Waals surface area contributed by atoms with Gasteiger partial charge in [0, 0.05) is 10.5 Å². The normalized spacial score (nSPS) is 11.1. The molecule has 0 unspecified atom stereocenters.